The Morgan fingerprint density at radius 2 is 1.95 bits per heavy atom. The lowest BCUT2D eigenvalue weighted by Crippen LogP contribution is -2.37. The smallest absolute Gasteiger partial charge is 0.261 e. The number of hydrogen-bond acceptors (Lipinski definition) is 4. The van der Waals surface area contributed by atoms with Crippen molar-refractivity contribution in [3.63, 3.8) is 0 Å². The Morgan fingerprint density at radius 3 is 2.64 bits per heavy atom. The summed E-state index contributed by atoms with van der Waals surface area (Å²) in [4.78, 5) is 16.2. The first-order valence-electron chi connectivity index (χ1n) is 7.20. The zero-order valence-electron chi connectivity index (χ0n) is 12.8. The summed E-state index contributed by atoms with van der Waals surface area (Å²) in [5, 5.41) is 2.88. The molecule has 0 unspecified atom stereocenters. The number of nitrogens with zero attached hydrogens (tertiary/aromatic N) is 1. The molecule has 1 N–H and O–H groups in total. The van der Waals surface area contributed by atoms with E-state index in [1.165, 1.54) is 0 Å². The van der Waals surface area contributed by atoms with E-state index in [9.17, 15) is 4.79 Å². The van der Waals surface area contributed by atoms with E-state index in [1.54, 1.807) is 31.6 Å². The van der Waals surface area contributed by atoms with Crippen LogP contribution in [-0.4, -0.2) is 24.1 Å². The van der Waals surface area contributed by atoms with Crippen LogP contribution in [0.4, 0.5) is 0 Å². The minimum absolute atomic E-state index is 0.137. The Kier molecular flexibility index (Phi) is 5.77. The molecule has 1 amide bonds. The molecule has 0 aliphatic rings. The summed E-state index contributed by atoms with van der Waals surface area (Å²) in [6.07, 6.45) is 3.45. The molecule has 5 heteroatoms. The Hall–Kier alpha value is -2.56. The number of ether oxygens (including phenoxy) is 2. The van der Waals surface area contributed by atoms with E-state index in [-0.39, 0.29) is 5.91 Å². The quantitative estimate of drug-likeness (QED) is 0.853. The molecule has 0 bridgehead atoms. The zero-order chi connectivity index (χ0) is 15.8. The molecule has 5 nitrogen and oxygen atoms in total. The average molecular weight is 300 g/mol. The Morgan fingerprint density at radius 1 is 1.23 bits per heavy atom. The van der Waals surface area contributed by atoms with Crippen molar-refractivity contribution in [3.8, 4) is 11.5 Å². The van der Waals surface area contributed by atoms with Crippen molar-refractivity contribution in [2.45, 2.75) is 26.0 Å². The SMILES string of the molecule is CC[C@@H](Oc1cccc(OC)c1)C(=O)NCc1ccncc1. The molecule has 0 aliphatic heterocycles. The fraction of sp³-hybridized carbons (Fsp3) is 0.294. The maximum atomic E-state index is 12.2. The van der Waals surface area contributed by atoms with Crippen molar-refractivity contribution in [2.24, 2.45) is 0 Å². The number of nitrogens with one attached hydrogen (secondary N) is 1. The number of amides is 1. The standard InChI is InChI=1S/C17H20N2O3/c1-3-16(22-15-6-4-5-14(11-15)21-2)17(20)19-12-13-7-9-18-10-8-13/h4-11,16H,3,12H2,1-2H3,(H,19,20)/t16-/m1/s1. The molecule has 1 aromatic heterocycles. The van der Waals surface area contributed by atoms with Gasteiger partial charge in [0.15, 0.2) is 6.10 Å². The molecule has 1 aromatic carbocycles. The Bertz CT molecular complexity index is 602. The van der Waals surface area contributed by atoms with Crippen LogP contribution in [0.15, 0.2) is 48.8 Å². The first kappa shape index (κ1) is 15.8. The molecule has 22 heavy (non-hydrogen) atoms. The maximum Gasteiger partial charge on any atom is 0.261 e. The molecule has 116 valence electrons. The predicted octanol–water partition coefficient (Wildman–Crippen LogP) is 2.56. The molecule has 0 radical (unpaired) electrons. The van der Waals surface area contributed by atoms with Crippen molar-refractivity contribution in [2.75, 3.05) is 7.11 Å². The van der Waals surface area contributed by atoms with Gasteiger partial charge in [0.05, 0.1) is 7.11 Å². The van der Waals surface area contributed by atoms with Gasteiger partial charge in [-0.15, -0.1) is 0 Å². The van der Waals surface area contributed by atoms with Crippen LogP contribution < -0.4 is 14.8 Å². The second-order valence-corrected chi connectivity index (χ2v) is 4.77. The molecule has 1 atom stereocenters. The Labute approximate surface area is 130 Å². The van der Waals surface area contributed by atoms with E-state index < -0.39 is 6.10 Å². The third-order valence-corrected chi connectivity index (χ3v) is 3.20. The highest BCUT2D eigenvalue weighted by molar-refractivity contribution is 5.81. The fourth-order valence-electron chi connectivity index (χ4n) is 1.96. The fourth-order valence-corrected chi connectivity index (χ4v) is 1.96. The lowest BCUT2D eigenvalue weighted by molar-refractivity contribution is -0.128. The van der Waals surface area contributed by atoms with Gasteiger partial charge in [-0.3, -0.25) is 9.78 Å². The molecular formula is C17H20N2O3. The topological polar surface area (TPSA) is 60.5 Å². The molecule has 0 spiro atoms. The maximum absolute atomic E-state index is 12.2. The second-order valence-electron chi connectivity index (χ2n) is 4.77. The van der Waals surface area contributed by atoms with Crippen LogP contribution in [0.1, 0.15) is 18.9 Å². The Balaban J connectivity index is 1.93. The van der Waals surface area contributed by atoms with Crippen molar-refractivity contribution in [1.29, 1.82) is 0 Å². The number of aromatic nitrogens is 1. The van der Waals surface area contributed by atoms with Crippen molar-refractivity contribution >= 4 is 5.91 Å². The van der Waals surface area contributed by atoms with Crippen molar-refractivity contribution < 1.29 is 14.3 Å². The first-order chi connectivity index (χ1) is 10.7. The van der Waals surface area contributed by atoms with Gasteiger partial charge in [-0.1, -0.05) is 13.0 Å². The van der Waals surface area contributed by atoms with Gasteiger partial charge in [0.2, 0.25) is 0 Å². The van der Waals surface area contributed by atoms with E-state index in [1.807, 2.05) is 31.2 Å². The number of pyridine rings is 1. The van der Waals surface area contributed by atoms with Gasteiger partial charge in [-0.25, -0.2) is 0 Å². The number of benzene rings is 1. The number of rotatable bonds is 7. The average Bonchev–Trinajstić information content (AvgIpc) is 2.58. The third-order valence-electron chi connectivity index (χ3n) is 3.20. The number of carbonyl (C=O) groups excluding carboxylic acids is 1. The van der Waals surface area contributed by atoms with Gasteiger partial charge in [0, 0.05) is 25.0 Å². The molecule has 0 aliphatic carbocycles. The molecule has 2 rings (SSSR count). The third kappa shape index (κ3) is 4.48. The largest absolute Gasteiger partial charge is 0.497 e. The zero-order valence-corrected chi connectivity index (χ0v) is 12.8. The van der Waals surface area contributed by atoms with Crippen LogP contribution in [-0.2, 0) is 11.3 Å². The summed E-state index contributed by atoms with van der Waals surface area (Å²) in [6.45, 7) is 2.37. The van der Waals surface area contributed by atoms with Gasteiger partial charge in [0.25, 0.3) is 5.91 Å². The predicted molar refractivity (Wildman–Crippen MR) is 83.8 cm³/mol. The summed E-state index contributed by atoms with van der Waals surface area (Å²) in [5.74, 6) is 1.18. The van der Waals surface area contributed by atoms with Crippen LogP contribution in [0.3, 0.4) is 0 Å². The summed E-state index contributed by atoms with van der Waals surface area (Å²) in [7, 11) is 1.60. The monoisotopic (exact) mass is 300 g/mol. The van der Waals surface area contributed by atoms with Crippen LogP contribution in [0.5, 0.6) is 11.5 Å². The van der Waals surface area contributed by atoms with Crippen LogP contribution >= 0.6 is 0 Å². The number of methoxy groups -OCH3 is 1. The molecular weight excluding hydrogens is 280 g/mol. The number of hydrogen-bond donors (Lipinski definition) is 1. The molecule has 0 saturated carbocycles. The van der Waals surface area contributed by atoms with Crippen molar-refractivity contribution in [3.05, 3.63) is 54.4 Å². The summed E-state index contributed by atoms with van der Waals surface area (Å²) < 4.78 is 10.9. The van der Waals surface area contributed by atoms with E-state index >= 15 is 0 Å². The first-order valence-corrected chi connectivity index (χ1v) is 7.20. The molecule has 1 heterocycles. The molecule has 2 aromatic rings. The minimum atomic E-state index is -0.533. The minimum Gasteiger partial charge on any atom is -0.497 e. The number of carbonyl (C=O) groups is 1. The van der Waals surface area contributed by atoms with Gasteiger partial charge in [-0.2, -0.15) is 0 Å². The molecule has 0 fully saturated rings. The van der Waals surface area contributed by atoms with Crippen molar-refractivity contribution in [1.82, 2.24) is 10.3 Å². The van der Waals surface area contributed by atoms with E-state index in [4.69, 9.17) is 9.47 Å². The van der Waals surface area contributed by atoms with Gasteiger partial charge in [-0.05, 0) is 36.2 Å². The summed E-state index contributed by atoms with van der Waals surface area (Å²) in [5.41, 5.74) is 1.000. The van der Waals surface area contributed by atoms with E-state index in [2.05, 4.69) is 10.3 Å². The lowest BCUT2D eigenvalue weighted by Gasteiger charge is -2.17. The second kappa shape index (κ2) is 8.02. The highest BCUT2D eigenvalue weighted by Crippen LogP contribution is 2.20. The van der Waals surface area contributed by atoms with Crippen LogP contribution in [0.2, 0.25) is 0 Å². The van der Waals surface area contributed by atoms with Gasteiger partial charge >= 0.3 is 0 Å². The van der Waals surface area contributed by atoms with E-state index in [0.29, 0.717) is 24.5 Å². The highest BCUT2D eigenvalue weighted by atomic mass is 16.5. The summed E-state index contributed by atoms with van der Waals surface area (Å²) >= 11 is 0. The lowest BCUT2D eigenvalue weighted by atomic mass is 10.2. The van der Waals surface area contributed by atoms with Crippen LogP contribution in [0.25, 0.3) is 0 Å². The molecule has 0 saturated heterocycles. The van der Waals surface area contributed by atoms with Crippen LogP contribution in [0, 0.1) is 0 Å². The van der Waals surface area contributed by atoms with Gasteiger partial charge in [0.1, 0.15) is 11.5 Å². The summed E-state index contributed by atoms with van der Waals surface area (Å²) in [6, 6.07) is 11.0. The van der Waals surface area contributed by atoms with E-state index in [0.717, 1.165) is 5.56 Å². The van der Waals surface area contributed by atoms with Gasteiger partial charge < -0.3 is 14.8 Å². The normalized spacial score (nSPS) is 11.5. The highest BCUT2D eigenvalue weighted by Gasteiger charge is 2.18.